The van der Waals surface area contributed by atoms with Gasteiger partial charge in [0.15, 0.2) is 0 Å². The Morgan fingerprint density at radius 3 is 2.48 bits per heavy atom. The molecule has 1 aromatic carbocycles. The molecule has 0 aliphatic carbocycles. The molecular weight excluding hydrogens is 264 g/mol. The number of hydrogen-bond acceptors (Lipinski definition) is 4. The van der Waals surface area contributed by atoms with Crippen LogP contribution in [0.5, 0.6) is 0 Å². The molecule has 3 rings (SSSR count). The van der Waals surface area contributed by atoms with E-state index in [0.29, 0.717) is 11.5 Å². The Kier molecular flexibility index (Phi) is 3.17. The first-order valence-corrected chi connectivity index (χ1v) is 6.70. The zero-order valence-corrected chi connectivity index (χ0v) is 12.2. The van der Waals surface area contributed by atoms with Crippen molar-refractivity contribution in [2.24, 2.45) is 5.18 Å². The number of imidazole rings is 1. The molecule has 0 unspecified atom stereocenters. The third-order valence-corrected chi connectivity index (χ3v) is 3.56. The Morgan fingerprint density at radius 2 is 1.86 bits per heavy atom. The molecule has 5 nitrogen and oxygen atoms in total. The largest absolute Gasteiger partial charge is 0.378 e. The third-order valence-electron chi connectivity index (χ3n) is 3.56. The lowest BCUT2D eigenvalue weighted by Gasteiger charge is -2.12. The molecule has 0 atom stereocenters. The van der Waals surface area contributed by atoms with Gasteiger partial charge in [0.25, 0.3) is 0 Å². The number of fused-ring (bicyclic) bond motifs is 1. The van der Waals surface area contributed by atoms with Crippen molar-refractivity contribution in [1.82, 2.24) is 9.38 Å². The summed E-state index contributed by atoms with van der Waals surface area (Å²) in [4.78, 5) is 17.9. The molecule has 0 saturated carbocycles. The van der Waals surface area contributed by atoms with E-state index >= 15 is 0 Å². The van der Waals surface area contributed by atoms with Crippen LogP contribution in [-0.4, -0.2) is 23.5 Å². The van der Waals surface area contributed by atoms with Gasteiger partial charge in [-0.2, -0.15) is 0 Å². The Bertz CT molecular complexity index is 803. The SMILES string of the molecule is Cc1cccn2c(N=O)c(-c3ccc(N(C)C)cc3)nc12. The van der Waals surface area contributed by atoms with Crippen LogP contribution in [0.25, 0.3) is 16.9 Å². The van der Waals surface area contributed by atoms with Crippen LogP contribution in [0.4, 0.5) is 11.5 Å². The van der Waals surface area contributed by atoms with E-state index in [4.69, 9.17) is 0 Å². The van der Waals surface area contributed by atoms with Crippen LogP contribution in [0.2, 0.25) is 0 Å². The predicted molar refractivity (Wildman–Crippen MR) is 85.1 cm³/mol. The molecule has 3 aromatic rings. The molecule has 0 amide bonds. The second kappa shape index (κ2) is 5.01. The lowest BCUT2D eigenvalue weighted by molar-refractivity contribution is 1.13. The van der Waals surface area contributed by atoms with Gasteiger partial charge in [0.1, 0.15) is 11.3 Å². The van der Waals surface area contributed by atoms with E-state index in [-0.39, 0.29) is 0 Å². The van der Waals surface area contributed by atoms with Crippen molar-refractivity contribution in [3.63, 3.8) is 0 Å². The number of nitroso groups, excluding NO2 is 1. The Hall–Kier alpha value is -2.69. The second-order valence-corrected chi connectivity index (χ2v) is 5.20. The highest BCUT2D eigenvalue weighted by Gasteiger charge is 2.15. The van der Waals surface area contributed by atoms with E-state index in [1.54, 1.807) is 4.40 Å². The summed E-state index contributed by atoms with van der Waals surface area (Å²) >= 11 is 0. The molecule has 0 aliphatic heterocycles. The summed E-state index contributed by atoms with van der Waals surface area (Å²) in [5, 5.41) is 3.17. The van der Waals surface area contributed by atoms with Gasteiger partial charge in [0.05, 0.1) is 0 Å². The molecule has 0 bridgehead atoms. The van der Waals surface area contributed by atoms with Crippen molar-refractivity contribution >= 4 is 17.2 Å². The third kappa shape index (κ3) is 2.16. The molecule has 0 spiro atoms. The first kappa shape index (κ1) is 13.3. The Balaban J connectivity index is 2.20. The second-order valence-electron chi connectivity index (χ2n) is 5.20. The van der Waals surface area contributed by atoms with Crippen LogP contribution >= 0.6 is 0 Å². The smallest absolute Gasteiger partial charge is 0.209 e. The first-order chi connectivity index (χ1) is 10.1. The number of benzene rings is 1. The molecule has 0 N–H and O–H groups in total. The van der Waals surface area contributed by atoms with E-state index in [1.165, 1.54) is 0 Å². The van der Waals surface area contributed by atoms with Crippen LogP contribution < -0.4 is 4.90 Å². The molecule has 0 aliphatic rings. The summed E-state index contributed by atoms with van der Waals surface area (Å²) in [5.74, 6) is 0.339. The lowest BCUT2D eigenvalue weighted by Crippen LogP contribution is -2.07. The molecule has 106 valence electrons. The summed E-state index contributed by atoms with van der Waals surface area (Å²) in [6.07, 6.45) is 1.81. The number of pyridine rings is 1. The van der Waals surface area contributed by atoms with Crippen LogP contribution in [0.15, 0.2) is 47.8 Å². The molecule has 0 saturated heterocycles. The van der Waals surface area contributed by atoms with Crippen molar-refractivity contribution in [1.29, 1.82) is 0 Å². The number of anilines is 1. The van der Waals surface area contributed by atoms with Gasteiger partial charge in [-0.1, -0.05) is 18.2 Å². The van der Waals surface area contributed by atoms with Crippen molar-refractivity contribution in [3.05, 3.63) is 53.1 Å². The fourth-order valence-corrected chi connectivity index (χ4v) is 2.39. The van der Waals surface area contributed by atoms with Crippen LogP contribution in [0.1, 0.15) is 5.56 Å². The minimum atomic E-state index is 0.339. The molecule has 21 heavy (non-hydrogen) atoms. The van der Waals surface area contributed by atoms with E-state index in [2.05, 4.69) is 10.2 Å². The van der Waals surface area contributed by atoms with Gasteiger partial charge in [-0.05, 0) is 35.9 Å². The Morgan fingerprint density at radius 1 is 1.14 bits per heavy atom. The summed E-state index contributed by atoms with van der Waals surface area (Å²) in [7, 11) is 3.98. The van der Waals surface area contributed by atoms with Gasteiger partial charge < -0.3 is 4.90 Å². The normalized spacial score (nSPS) is 10.8. The fraction of sp³-hybridized carbons (Fsp3) is 0.188. The molecular formula is C16H16N4O. The standard InChI is InChI=1S/C16H16N4O/c1-11-5-4-10-20-15(11)17-14(16(20)18-21)12-6-8-13(9-7-12)19(2)3/h4-10H,1-3H3. The quantitative estimate of drug-likeness (QED) is 0.686. The maximum atomic E-state index is 11.2. The average molecular weight is 280 g/mol. The fourth-order valence-electron chi connectivity index (χ4n) is 2.39. The first-order valence-electron chi connectivity index (χ1n) is 6.70. The summed E-state index contributed by atoms with van der Waals surface area (Å²) in [5.41, 5.74) is 4.37. The van der Waals surface area contributed by atoms with Crippen molar-refractivity contribution in [3.8, 4) is 11.3 Å². The summed E-state index contributed by atoms with van der Waals surface area (Å²) < 4.78 is 1.73. The monoisotopic (exact) mass is 280 g/mol. The predicted octanol–water partition coefficient (Wildman–Crippen LogP) is 3.77. The van der Waals surface area contributed by atoms with Crippen molar-refractivity contribution < 1.29 is 0 Å². The van der Waals surface area contributed by atoms with E-state index in [1.807, 2.05) is 68.5 Å². The van der Waals surface area contributed by atoms with Crippen molar-refractivity contribution in [2.75, 3.05) is 19.0 Å². The number of hydrogen-bond donors (Lipinski definition) is 0. The Labute approximate surface area is 122 Å². The minimum Gasteiger partial charge on any atom is -0.378 e. The topological polar surface area (TPSA) is 50.0 Å². The molecule has 2 heterocycles. The highest BCUT2D eigenvalue weighted by Crippen LogP contribution is 2.32. The molecule has 5 heteroatoms. The van der Waals surface area contributed by atoms with Gasteiger partial charge in [-0.25, -0.2) is 4.98 Å². The van der Waals surface area contributed by atoms with E-state index in [9.17, 15) is 4.91 Å². The number of aryl methyl sites for hydroxylation is 1. The van der Waals surface area contributed by atoms with Crippen LogP contribution in [-0.2, 0) is 0 Å². The van der Waals surface area contributed by atoms with Gasteiger partial charge in [0, 0.05) is 31.5 Å². The number of rotatable bonds is 3. The average Bonchev–Trinajstić information content (AvgIpc) is 2.87. The lowest BCUT2D eigenvalue weighted by atomic mass is 10.1. The van der Waals surface area contributed by atoms with Crippen LogP contribution in [0.3, 0.4) is 0 Å². The summed E-state index contributed by atoms with van der Waals surface area (Å²) in [6, 6.07) is 11.8. The van der Waals surface area contributed by atoms with Crippen LogP contribution in [0, 0.1) is 11.8 Å². The maximum Gasteiger partial charge on any atom is 0.209 e. The van der Waals surface area contributed by atoms with Crippen molar-refractivity contribution in [2.45, 2.75) is 6.92 Å². The zero-order valence-electron chi connectivity index (χ0n) is 12.2. The van der Waals surface area contributed by atoms with Gasteiger partial charge in [0.2, 0.25) is 5.82 Å². The minimum absolute atomic E-state index is 0.339. The van der Waals surface area contributed by atoms with Gasteiger partial charge in [-0.15, -0.1) is 4.91 Å². The summed E-state index contributed by atoms with van der Waals surface area (Å²) in [6.45, 7) is 1.97. The highest BCUT2D eigenvalue weighted by atomic mass is 16.3. The number of nitrogens with zero attached hydrogens (tertiary/aromatic N) is 4. The highest BCUT2D eigenvalue weighted by molar-refractivity contribution is 5.76. The molecule has 0 fully saturated rings. The molecule has 2 aromatic heterocycles. The number of aromatic nitrogens is 2. The van der Waals surface area contributed by atoms with E-state index < -0.39 is 0 Å². The van der Waals surface area contributed by atoms with Gasteiger partial charge >= 0.3 is 0 Å². The van der Waals surface area contributed by atoms with Gasteiger partial charge in [-0.3, -0.25) is 4.40 Å². The molecule has 0 radical (unpaired) electrons. The zero-order chi connectivity index (χ0) is 15.0. The maximum absolute atomic E-state index is 11.2. The van der Waals surface area contributed by atoms with E-state index in [0.717, 1.165) is 22.5 Å².